The van der Waals surface area contributed by atoms with Gasteiger partial charge in [-0.15, -0.1) is 0 Å². The Hall–Kier alpha value is -2.47. The summed E-state index contributed by atoms with van der Waals surface area (Å²) in [5.41, 5.74) is 3.48. The molecule has 2 saturated heterocycles. The Morgan fingerprint density at radius 1 is 1.18 bits per heavy atom. The first-order chi connectivity index (χ1) is 13.5. The number of rotatable bonds is 5. The molecule has 148 valence electrons. The summed E-state index contributed by atoms with van der Waals surface area (Å²) in [4.78, 5) is 27.1. The molecule has 0 unspecified atom stereocenters. The Balaban J connectivity index is 1.51. The molecule has 2 fully saturated rings. The quantitative estimate of drug-likeness (QED) is 0.810. The first kappa shape index (κ1) is 18.9. The number of ketones is 1. The third-order valence-electron chi connectivity index (χ3n) is 6.30. The van der Waals surface area contributed by atoms with Crippen LogP contribution in [-0.2, 0) is 11.3 Å². The molecule has 1 aromatic carbocycles. The number of aromatic nitrogens is 2. The van der Waals surface area contributed by atoms with Crippen LogP contribution in [0.2, 0.25) is 0 Å². The number of hydrogen-bond donors (Lipinski definition) is 1. The summed E-state index contributed by atoms with van der Waals surface area (Å²) < 4.78 is 1.81. The molecular weight excluding hydrogens is 352 g/mol. The lowest BCUT2D eigenvalue weighted by atomic mass is 9.89. The van der Waals surface area contributed by atoms with Crippen LogP contribution in [0, 0.1) is 25.7 Å². The van der Waals surface area contributed by atoms with Crippen molar-refractivity contribution in [2.24, 2.45) is 11.8 Å². The number of nitrogens with zero attached hydrogens (tertiary/aromatic N) is 3. The van der Waals surface area contributed by atoms with Crippen LogP contribution in [0.5, 0.6) is 0 Å². The smallest absolute Gasteiger partial charge is 0.224 e. The normalized spacial score (nSPS) is 23.8. The summed E-state index contributed by atoms with van der Waals surface area (Å²) in [6.07, 6.45) is 0.398. The Morgan fingerprint density at radius 3 is 2.61 bits per heavy atom. The van der Waals surface area contributed by atoms with Gasteiger partial charge in [-0.1, -0.05) is 30.3 Å². The standard InChI is InChI=1S/C22H28N4O2/c1-14-21(16(3)27)15(2)26(24-14)10-9-20(28)25-13-18-11-23-12-19(18)22(25)17-7-5-4-6-8-17/h4-8,18-19,22-23H,9-13H2,1-3H3/t18-,19-,22+/m0/s1. The van der Waals surface area contributed by atoms with Crippen LogP contribution >= 0.6 is 0 Å². The average molecular weight is 380 g/mol. The van der Waals surface area contributed by atoms with Gasteiger partial charge in [0.15, 0.2) is 5.78 Å². The van der Waals surface area contributed by atoms with Crippen LogP contribution in [0.1, 0.15) is 46.7 Å². The predicted octanol–water partition coefficient (Wildman–Crippen LogP) is 2.51. The fraction of sp³-hybridized carbons (Fsp3) is 0.500. The second-order valence-corrected chi connectivity index (χ2v) is 8.06. The number of Topliss-reactive ketones (excluding diaryl/α,β-unsaturated/α-hetero) is 1. The second kappa shape index (κ2) is 7.51. The van der Waals surface area contributed by atoms with Crippen molar-refractivity contribution in [1.82, 2.24) is 20.0 Å². The van der Waals surface area contributed by atoms with E-state index in [9.17, 15) is 9.59 Å². The minimum atomic E-state index is 0.0246. The fourth-order valence-electron chi connectivity index (χ4n) is 5.02. The summed E-state index contributed by atoms with van der Waals surface area (Å²) in [6, 6.07) is 10.5. The predicted molar refractivity (Wildman–Crippen MR) is 107 cm³/mol. The number of fused-ring (bicyclic) bond motifs is 1. The first-order valence-electron chi connectivity index (χ1n) is 10.1. The number of likely N-dealkylation sites (tertiary alicyclic amines) is 1. The van der Waals surface area contributed by atoms with E-state index < -0.39 is 0 Å². The third-order valence-corrected chi connectivity index (χ3v) is 6.30. The largest absolute Gasteiger partial charge is 0.335 e. The average Bonchev–Trinajstić information content (AvgIpc) is 3.33. The lowest BCUT2D eigenvalue weighted by Crippen LogP contribution is -2.35. The highest BCUT2D eigenvalue weighted by Gasteiger charge is 2.46. The van der Waals surface area contributed by atoms with Gasteiger partial charge in [0, 0.05) is 44.2 Å². The van der Waals surface area contributed by atoms with Gasteiger partial charge in [-0.05, 0) is 32.3 Å². The summed E-state index contributed by atoms with van der Waals surface area (Å²) >= 11 is 0. The van der Waals surface area contributed by atoms with Gasteiger partial charge in [0.05, 0.1) is 17.3 Å². The van der Waals surface area contributed by atoms with E-state index in [1.54, 1.807) is 11.6 Å². The van der Waals surface area contributed by atoms with Gasteiger partial charge >= 0.3 is 0 Å². The number of benzene rings is 1. The highest BCUT2D eigenvalue weighted by molar-refractivity contribution is 5.96. The van der Waals surface area contributed by atoms with Crippen LogP contribution in [0.3, 0.4) is 0 Å². The molecule has 0 spiro atoms. The monoisotopic (exact) mass is 380 g/mol. The summed E-state index contributed by atoms with van der Waals surface area (Å²) in [7, 11) is 0. The number of carbonyl (C=O) groups is 2. The molecule has 0 radical (unpaired) electrons. The molecule has 3 atom stereocenters. The van der Waals surface area contributed by atoms with E-state index in [4.69, 9.17) is 0 Å². The zero-order valence-electron chi connectivity index (χ0n) is 16.8. The molecule has 1 aromatic heterocycles. The highest BCUT2D eigenvalue weighted by Crippen LogP contribution is 2.42. The summed E-state index contributed by atoms with van der Waals surface area (Å²) in [6.45, 7) is 8.58. The fourth-order valence-corrected chi connectivity index (χ4v) is 5.02. The molecule has 4 rings (SSSR count). The van der Waals surface area contributed by atoms with Crippen LogP contribution in [0.15, 0.2) is 30.3 Å². The van der Waals surface area contributed by atoms with Crippen molar-refractivity contribution < 1.29 is 9.59 Å². The van der Waals surface area contributed by atoms with Gasteiger partial charge in [0.1, 0.15) is 0 Å². The van der Waals surface area contributed by atoms with E-state index in [0.29, 0.717) is 30.4 Å². The Morgan fingerprint density at radius 2 is 1.93 bits per heavy atom. The van der Waals surface area contributed by atoms with Gasteiger partial charge in [-0.2, -0.15) is 5.10 Å². The van der Waals surface area contributed by atoms with Crippen molar-refractivity contribution in [2.75, 3.05) is 19.6 Å². The maximum Gasteiger partial charge on any atom is 0.224 e. The second-order valence-electron chi connectivity index (χ2n) is 8.06. The van der Waals surface area contributed by atoms with Crippen molar-refractivity contribution in [3.63, 3.8) is 0 Å². The van der Waals surface area contributed by atoms with Gasteiger partial charge in [-0.25, -0.2) is 0 Å². The number of amides is 1. The maximum atomic E-state index is 13.2. The minimum Gasteiger partial charge on any atom is -0.335 e. The number of nitrogens with one attached hydrogen (secondary N) is 1. The van der Waals surface area contributed by atoms with E-state index in [2.05, 4.69) is 27.4 Å². The lowest BCUT2D eigenvalue weighted by molar-refractivity contribution is -0.133. The number of aryl methyl sites for hydroxylation is 2. The van der Waals surface area contributed by atoms with Crippen molar-refractivity contribution >= 4 is 11.7 Å². The molecule has 2 aliphatic rings. The Bertz CT molecular complexity index is 889. The topological polar surface area (TPSA) is 67.2 Å². The zero-order valence-corrected chi connectivity index (χ0v) is 16.8. The van der Waals surface area contributed by atoms with Crippen LogP contribution in [-0.4, -0.2) is 46.0 Å². The van der Waals surface area contributed by atoms with Gasteiger partial charge in [0.2, 0.25) is 5.91 Å². The van der Waals surface area contributed by atoms with Gasteiger partial charge in [0.25, 0.3) is 0 Å². The van der Waals surface area contributed by atoms with Crippen molar-refractivity contribution in [3.05, 3.63) is 52.8 Å². The van der Waals surface area contributed by atoms with E-state index >= 15 is 0 Å². The number of hydrogen-bond acceptors (Lipinski definition) is 4. The highest BCUT2D eigenvalue weighted by atomic mass is 16.2. The molecule has 1 amide bonds. The molecule has 0 bridgehead atoms. The van der Waals surface area contributed by atoms with Crippen molar-refractivity contribution in [2.45, 2.75) is 39.8 Å². The Kier molecular flexibility index (Phi) is 5.06. The molecule has 6 heteroatoms. The van der Waals surface area contributed by atoms with Crippen LogP contribution in [0.25, 0.3) is 0 Å². The third kappa shape index (κ3) is 3.26. The molecule has 0 saturated carbocycles. The SMILES string of the molecule is CC(=O)c1c(C)nn(CCC(=O)N2C[C@@H]3CNC[C@@H]3[C@H]2c2ccccc2)c1C. The van der Waals surface area contributed by atoms with E-state index in [-0.39, 0.29) is 17.7 Å². The first-order valence-corrected chi connectivity index (χ1v) is 10.1. The Labute approximate surface area is 165 Å². The number of carbonyl (C=O) groups excluding carboxylic acids is 2. The molecule has 2 aliphatic heterocycles. The maximum absolute atomic E-state index is 13.2. The molecule has 28 heavy (non-hydrogen) atoms. The molecule has 1 N–H and O–H groups in total. The van der Waals surface area contributed by atoms with Gasteiger partial charge in [-0.3, -0.25) is 14.3 Å². The summed E-state index contributed by atoms with van der Waals surface area (Å²) in [5, 5.41) is 7.96. The molecule has 3 heterocycles. The molecule has 0 aliphatic carbocycles. The lowest BCUT2D eigenvalue weighted by Gasteiger charge is -2.28. The van der Waals surface area contributed by atoms with E-state index in [1.807, 2.05) is 32.0 Å². The zero-order chi connectivity index (χ0) is 19.8. The van der Waals surface area contributed by atoms with Gasteiger partial charge < -0.3 is 10.2 Å². The van der Waals surface area contributed by atoms with Crippen LogP contribution in [0.4, 0.5) is 0 Å². The minimum absolute atomic E-state index is 0.0246. The van der Waals surface area contributed by atoms with Crippen molar-refractivity contribution in [3.8, 4) is 0 Å². The molecule has 2 aromatic rings. The molecular formula is C22H28N4O2. The van der Waals surface area contributed by atoms with Crippen molar-refractivity contribution in [1.29, 1.82) is 0 Å². The van der Waals surface area contributed by atoms with E-state index in [1.165, 1.54) is 5.56 Å². The summed E-state index contributed by atoms with van der Waals surface area (Å²) in [5.74, 6) is 1.19. The van der Waals surface area contributed by atoms with Crippen LogP contribution < -0.4 is 5.32 Å². The van der Waals surface area contributed by atoms with E-state index in [0.717, 1.165) is 31.0 Å². The molecule has 6 nitrogen and oxygen atoms in total.